The van der Waals surface area contributed by atoms with Gasteiger partial charge in [0.1, 0.15) is 18.1 Å². The third-order valence-corrected chi connectivity index (χ3v) is 3.10. The molecule has 1 heterocycles. The van der Waals surface area contributed by atoms with E-state index in [-0.39, 0.29) is 5.78 Å². The van der Waals surface area contributed by atoms with Crippen LogP contribution >= 0.6 is 0 Å². The van der Waals surface area contributed by atoms with Crippen LogP contribution in [-0.2, 0) is 6.61 Å². The predicted molar refractivity (Wildman–Crippen MR) is 80.9 cm³/mol. The molecule has 110 valence electrons. The lowest BCUT2D eigenvalue weighted by atomic mass is 10.1. The number of ether oxygens (including phenoxy) is 2. The zero-order valence-electron chi connectivity index (χ0n) is 12.6. The second kappa shape index (κ2) is 6.88. The first-order chi connectivity index (χ1) is 10.1. The van der Waals surface area contributed by atoms with Gasteiger partial charge in [0.15, 0.2) is 5.78 Å². The Morgan fingerprint density at radius 1 is 1.14 bits per heavy atom. The van der Waals surface area contributed by atoms with Gasteiger partial charge < -0.3 is 9.47 Å². The summed E-state index contributed by atoms with van der Waals surface area (Å²) in [4.78, 5) is 15.9. The Hall–Kier alpha value is -2.36. The molecule has 0 saturated heterocycles. The first-order valence-electron chi connectivity index (χ1n) is 6.90. The van der Waals surface area contributed by atoms with Crippen LogP contribution < -0.4 is 9.47 Å². The summed E-state index contributed by atoms with van der Waals surface area (Å²) in [6.07, 6.45) is 0.507. The number of carbonyl (C=O) groups is 1. The van der Waals surface area contributed by atoms with Crippen LogP contribution in [0.1, 0.15) is 35.1 Å². The summed E-state index contributed by atoms with van der Waals surface area (Å²) in [5, 5.41) is 0. The number of rotatable bonds is 6. The molecule has 0 spiro atoms. The standard InChI is InChI=1S/C17H19NO3/c1-4-17(19)13-5-7-15(8-6-13)21-11-14-10-16(20-3)9-12(2)18-14/h5-10H,4,11H2,1-3H3. The maximum absolute atomic E-state index is 11.5. The van der Waals surface area contributed by atoms with E-state index in [0.29, 0.717) is 24.3 Å². The van der Waals surface area contributed by atoms with Crippen molar-refractivity contribution in [1.29, 1.82) is 0 Å². The summed E-state index contributed by atoms with van der Waals surface area (Å²) in [6.45, 7) is 4.12. The third-order valence-electron chi connectivity index (χ3n) is 3.10. The lowest BCUT2D eigenvalue weighted by molar-refractivity contribution is 0.0988. The minimum atomic E-state index is 0.131. The maximum atomic E-state index is 11.5. The zero-order chi connectivity index (χ0) is 15.2. The number of aryl methyl sites for hydroxylation is 1. The van der Waals surface area contributed by atoms with Crippen molar-refractivity contribution in [1.82, 2.24) is 4.98 Å². The number of nitrogens with zero attached hydrogens (tertiary/aromatic N) is 1. The second-order valence-electron chi connectivity index (χ2n) is 4.73. The van der Waals surface area contributed by atoms with Gasteiger partial charge in [0.25, 0.3) is 0 Å². The highest BCUT2D eigenvalue weighted by Gasteiger charge is 2.04. The molecule has 0 unspecified atom stereocenters. The van der Waals surface area contributed by atoms with E-state index in [1.54, 1.807) is 31.4 Å². The minimum absolute atomic E-state index is 0.131. The van der Waals surface area contributed by atoms with Crippen LogP contribution in [0.4, 0.5) is 0 Å². The highest BCUT2D eigenvalue weighted by Crippen LogP contribution is 2.17. The molecule has 0 amide bonds. The molecule has 0 saturated carbocycles. The normalized spacial score (nSPS) is 10.2. The van der Waals surface area contributed by atoms with Gasteiger partial charge in [-0.05, 0) is 31.2 Å². The highest BCUT2D eigenvalue weighted by molar-refractivity contribution is 5.95. The molecule has 21 heavy (non-hydrogen) atoms. The Morgan fingerprint density at radius 2 is 1.86 bits per heavy atom. The van der Waals surface area contributed by atoms with Crippen molar-refractivity contribution in [3.63, 3.8) is 0 Å². The van der Waals surface area contributed by atoms with Gasteiger partial charge in [-0.25, -0.2) is 0 Å². The van der Waals surface area contributed by atoms with E-state index >= 15 is 0 Å². The number of pyridine rings is 1. The first kappa shape index (κ1) is 15.0. The minimum Gasteiger partial charge on any atom is -0.497 e. The van der Waals surface area contributed by atoms with Gasteiger partial charge in [-0.2, -0.15) is 0 Å². The molecule has 0 radical (unpaired) electrons. The summed E-state index contributed by atoms with van der Waals surface area (Å²) >= 11 is 0. The van der Waals surface area contributed by atoms with E-state index in [0.717, 1.165) is 17.1 Å². The van der Waals surface area contributed by atoms with Crippen LogP contribution in [0.25, 0.3) is 0 Å². The fraction of sp³-hybridized carbons (Fsp3) is 0.294. The molecule has 0 aliphatic rings. The van der Waals surface area contributed by atoms with Gasteiger partial charge in [0, 0.05) is 29.8 Å². The number of benzene rings is 1. The van der Waals surface area contributed by atoms with Gasteiger partial charge in [0.2, 0.25) is 0 Å². The van der Waals surface area contributed by atoms with E-state index < -0.39 is 0 Å². The van der Waals surface area contributed by atoms with Crippen LogP contribution in [0.3, 0.4) is 0 Å². The lowest BCUT2D eigenvalue weighted by Gasteiger charge is -2.08. The molecule has 0 bridgehead atoms. The molecule has 1 aromatic carbocycles. The topological polar surface area (TPSA) is 48.4 Å². The number of hydrogen-bond donors (Lipinski definition) is 0. The Morgan fingerprint density at radius 3 is 2.48 bits per heavy atom. The molecule has 4 nitrogen and oxygen atoms in total. The molecular weight excluding hydrogens is 266 g/mol. The van der Waals surface area contributed by atoms with Crippen molar-refractivity contribution in [2.75, 3.05) is 7.11 Å². The van der Waals surface area contributed by atoms with Gasteiger partial charge in [-0.1, -0.05) is 6.92 Å². The predicted octanol–water partition coefficient (Wildman–Crippen LogP) is 3.57. The Labute approximate surface area is 124 Å². The molecule has 2 aromatic rings. The van der Waals surface area contributed by atoms with Crippen LogP contribution in [0.5, 0.6) is 11.5 Å². The van der Waals surface area contributed by atoms with Crippen LogP contribution in [0.2, 0.25) is 0 Å². The summed E-state index contributed by atoms with van der Waals surface area (Å²) in [6, 6.07) is 10.9. The summed E-state index contributed by atoms with van der Waals surface area (Å²) in [7, 11) is 1.63. The SMILES string of the molecule is CCC(=O)c1ccc(OCc2cc(OC)cc(C)n2)cc1. The molecule has 0 aliphatic heterocycles. The van der Waals surface area contributed by atoms with Crippen LogP contribution in [0, 0.1) is 6.92 Å². The monoisotopic (exact) mass is 285 g/mol. The quantitative estimate of drug-likeness (QED) is 0.761. The fourth-order valence-electron chi connectivity index (χ4n) is 1.99. The number of methoxy groups -OCH3 is 1. The van der Waals surface area contributed by atoms with E-state index in [2.05, 4.69) is 4.98 Å². The average molecular weight is 285 g/mol. The molecular formula is C17H19NO3. The lowest BCUT2D eigenvalue weighted by Crippen LogP contribution is -2.01. The largest absolute Gasteiger partial charge is 0.497 e. The van der Waals surface area contributed by atoms with E-state index in [1.807, 2.05) is 26.0 Å². The first-order valence-corrected chi connectivity index (χ1v) is 6.90. The number of aromatic nitrogens is 1. The number of carbonyl (C=O) groups excluding carboxylic acids is 1. The van der Waals surface area contributed by atoms with Gasteiger partial charge in [0.05, 0.1) is 12.8 Å². The van der Waals surface area contributed by atoms with Crippen molar-refractivity contribution in [2.24, 2.45) is 0 Å². The van der Waals surface area contributed by atoms with Gasteiger partial charge >= 0.3 is 0 Å². The molecule has 0 aliphatic carbocycles. The summed E-state index contributed by atoms with van der Waals surface area (Å²) in [5.74, 6) is 1.61. The van der Waals surface area contributed by atoms with E-state index in [4.69, 9.17) is 9.47 Å². The molecule has 2 rings (SSSR count). The highest BCUT2D eigenvalue weighted by atomic mass is 16.5. The number of Topliss-reactive ketones (excluding diaryl/α,β-unsaturated/α-hetero) is 1. The van der Waals surface area contributed by atoms with Gasteiger partial charge in [-0.15, -0.1) is 0 Å². The Kier molecular flexibility index (Phi) is 4.93. The molecule has 0 atom stereocenters. The Balaban J connectivity index is 2.03. The number of hydrogen-bond acceptors (Lipinski definition) is 4. The smallest absolute Gasteiger partial charge is 0.162 e. The van der Waals surface area contributed by atoms with E-state index in [1.165, 1.54) is 0 Å². The number of ketones is 1. The van der Waals surface area contributed by atoms with Crippen molar-refractivity contribution in [2.45, 2.75) is 26.9 Å². The van der Waals surface area contributed by atoms with Gasteiger partial charge in [-0.3, -0.25) is 9.78 Å². The fourth-order valence-corrected chi connectivity index (χ4v) is 1.99. The Bertz CT molecular complexity index is 620. The van der Waals surface area contributed by atoms with Crippen molar-refractivity contribution >= 4 is 5.78 Å². The molecule has 4 heteroatoms. The van der Waals surface area contributed by atoms with Crippen molar-refractivity contribution < 1.29 is 14.3 Å². The second-order valence-corrected chi connectivity index (χ2v) is 4.73. The third kappa shape index (κ3) is 4.05. The maximum Gasteiger partial charge on any atom is 0.162 e. The zero-order valence-corrected chi connectivity index (χ0v) is 12.6. The summed E-state index contributed by atoms with van der Waals surface area (Å²) in [5.41, 5.74) is 2.40. The van der Waals surface area contributed by atoms with Crippen molar-refractivity contribution in [3.8, 4) is 11.5 Å². The van der Waals surface area contributed by atoms with Crippen LogP contribution in [-0.4, -0.2) is 17.9 Å². The molecule has 0 fully saturated rings. The van der Waals surface area contributed by atoms with E-state index in [9.17, 15) is 4.79 Å². The molecule has 1 aromatic heterocycles. The summed E-state index contributed by atoms with van der Waals surface area (Å²) < 4.78 is 10.9. The average Bonchev–Trinajstić information content (AvgIpc) is 2.52. The molecule has 0 N–H and O–H groups in total. The van der Waals surface area contributed by atoms with Crippen molar-refractivity contribution in [3.05, 3.63) is 53.3 Å². The van der Waals surface area contributed by atoms with Crippen LogP contribution in [0.15, 0.2) is 36.4 Å².